The molecule has 162 valence electrons. The Morgan fingerprint density at radius 3 is 2.60 bits per heavy atom. The SMILES string of the molecule is CCCCN(Cc1cccn1C)C(=O)CN(C(=O)c1ccc2c(c1)OCO2)C(C)C. The van der Waals surface area contributed by atoms with E-state index in [1.165, 1.54) is 0 Å². The van der Waals surface area contributed by atoms with Gasteiger partial charge in [0.1, 0.15) is 6.54 Å². The summed E-state index contributed by atoms with van der Waals surface area (Å²) in [6.45, 7) is 7.35. The fraction of sp³-hybridized carbons (Fsp3) is 0.478. The number of nitrogens with zero attached hydrogens (tertiary/aromatic N) is 3. The highest BCUT2D eigenvalue weighted by Gasteiger charge is 2.26. The van der Waals surface area contributed by atoms with E-state index in [2.05, 4.69) is 6.92 Å². The van der Waals surface area contributed by atoms with Gasteiger partial charge in [-0.3, -0.25) is 9.59 Å². The first-order chi connectivity index (χ1) is 14.4. The molecule has 30 heavy (non-hydrogen) atoms. The van der Waals surface area contributed by atoms with Gasteiger partial charge in [0.2, 0.25) is 12.7 Å². The lowest BCUT2D eigenvalue weighted by molar-refractivity contribution is -0.133. The minimum absolute atomic E-state index is 0.0408. The maximum Gasteiger partial charge on any atom is 0.254 e. The summed E-state index contributed by atoms with van der Waals surface area (Å²) in [6.07, 6.45) is 3.90. The van der Waals surface area contributed by atoms with Crippen molar-refractivity contribution in [2.24, 2.45) is 7.05 Å². The minimum atomic E-state index is -0.189. The van der Waals surface area contributed by atoms with Crippen LogP contribution in [0, 0.1) is 0 Å². The fourth-order valence-corrected chi connectivity index (χ4v) is 3.43. The van der Waals surface area contributed by atoms with Crippen LogP contribution in [0.15, 0.2) is 36.5 Å². The van der Waals surface area contributed by atoms with Crippen LogP contribution in [0.25, 0.3) is 0 Å². The number of rotatable bonds is 9. The van der Waals surface area contributed by atoms with Crippen LogP contribution in [-0.2, 0) is 18.4 Å². The van der Waals surface area contributed by atoms with Crippen LogP contribution in [0.4, 0.5) is 0 Å². The molecule has 0 saturated heterocycles. The molecule has 0 aliphatic carbocycles. The zero-order valence-electron chi connectivity index (χ0n) is 18.3. The zero-order valence-corrected chi connectivity index (χ0v) is 18.3. The van der Waals surface area contributed by atoms with E-state index in [0.717, 1.165) is 18.5 Å². The van der Waals surface area contributed by atoms with Crippen molar-refractivity contribution in [3.05, 3.63) is 47.8 Å². The third kappa shape index (κ3) is 4.96. The Bertz CT molecular complexity index is 890. The molecule has 0 spiro atoms. The van der Waals surface area contributed by atoms with Crippen LogP contribution in [-0.4, -0.2) is 52.1 Å². The molecule has 0 unspecified atom stereocenters. The van der Waals surface area contributed by atoms with Crippen molar-refractivity contribution in [1.82, 2.24) is 14.4 Å². The highest BCUT2D eigenvalue weighted by Crippen LogP contribution is 2.33. The number of benzene rings is 1. The second-order valence-corrected chi connectivity index (χ2v) is 7.87. The molecule has 7 nitrogen and oxygen atoms in total. The van der Waals surface area contributed by atoms with Crippen LogP contribution in [0.2, 0.25) is 0 Å². The largest absolute Gasteiger partial charge is 0.454 e. The number of aromatic nitrogens is 1. The lowest BCUT2D eigenvalue weighted by Crippen LogP contribution is -2.46. The van der Waals surface area contributed by atoms with Crippen molar-refractivity contribution in [1.29, 1.82) is 0 Å². The Morgan fingerprint density at radius 2 is 1.93 bits per heavy atom. The van der Waals surface area contributed by atoms with E-state index in [9.17, 15) is 9.59 Å². The number of carbonyl (C=O) groups is 2. The van der Waals surface area contributed by atoms with Crippen molar-refractivity contribution in [2.45, 2.75) is 46.2 Å². The van der Waals surface area contributed by atoms with E-state index in [4.69, 9.17) is 9.47 Å². The molecule has 0 N–H and O–H groups in total. The van der Waals surface area contributed by atoms with Gasteiger partial charge in [-0.25, -0.2) is 0 Å². The third-order valence-electron chi connectivity index (χ3n) is 5.35. The van der Waals surface area contributed by atoms with E-state index in [0.29, 0.717) is 30.2 Å². The van der Waals surface area contributed by atoms with Gasteiger partial charge in [-0.05, 0) is 50.6 Å². The molecule has 2 heterocycles. The smallest absolute Gasteiger partial charge is 0.254 e. The Labute approximate surface area is 178 Å². The summed E-state index contributed by atoms with van der Waals surface area (Å²) >= 11 is 0. The average Bonchev–Trinajstić information content (AvgIpc) is 3.36. The molecule has 2 aromatic rings. The second kappa shape index (κ2) is 9.69. The predicted molar refractivity (Wildman–Crippen MR) is 114 cm³/mol. The first-order valence-corrected chi connectivity index (χ1v) is 10.5. The van der Waals surface area contributed by atoms with Gasteiger partial charge in [0.05, 0.1) is 6.54 Å². The van der Waals surface area contributed by atoms with Crippen LogP contribution in [0.1, 0.15) is 49.7 Å². The zero-order chi connectivity index (χ0) is 21.7. The standard InChI is InChI=1S/C23H31N3O4/c1-5-6-12-25(14-19-8-7-11-24(19)4)22(27)15-26(17(2)3)23(28)18-9-10-20-21(13-18)30-16-29-20/h7-11,13,17H,5-6,12,14-16H2,1-4H3. The van der Waals surface area contributed by atoms with Crippen molar-refractivity contribution < 1.29 is 19.1 Å². The number of aryl methyl sites for hydroxylation is 1. The monoisotopic (exact) mass is 413 g/mol. The summed E-state index contributed by atoms with van der Waals surface area (Å²) in [5, 5.41) is 0. The van der Waals surface area contributed by atoms with Gasteiger partial charge >= 0.3 is 0 Å². The topological polar surface area (TPSA) is 64.0 Å². The molecule has 1 aromatic carbocycles. The van der Waals surface area contributed by atoms with Crippen LogP contribution < -0.4 is 9.47 Å². The molecular weight excluding hydrogens is 382 g/mol. The van der Waals surface area contributed by atoms with Gasteiger partial charge in [0, 0.05) is 37.1 Å². The summed E-state index contributed by atoms with van der Waals surface area (Å²) < 4.78 is 12.7. The summed E-state index contributed by atoms with van der Waals surface area (Å²) in [4.78, 5) is 29.8. The van der Waals surface area contributed by atoms with Crippen LogP contribution in [0.5, 0.6) is 11.5 Å². The summed E-state index contributed by atoms with van der Waals surface area (Å²) in [5.41, 5.74) is 1.56. The highest BCUT2D eigenvalue weighted by atomic mass is 16.7. The number of amides is 2. The van der Waals surface area contributed by atoms with Gasteiger partial charge in [-0.1, -0.05) is 13.3 Å². The molecule has 0 atom stereocenters. The van der Waals surface area contributed by atoms with Gasteiger partial charge in [-0.15, -0.1) is 0 Å². The average molecular weight is 414 g/mol. The van der Waals surface area contributed by atoms with E-state index < -0.39 is 0 Å². The van der Waals surface area contributed by atoms with Gasteiger partial charge in [-0.2, -0.15) is 0 Å². The molecule has 1 aliphatic heterocycles. The first kappa shape index (κ1) is 21.7. The molecular formula is C23H31N3O4. The molecule has 0 radical (unpaired) electrons. The minimum Gasteiger partial charge on any atom is -0.454 e. The molecule has 7 heteroatoms. The number of unbranched alkanes of at least 4 members (excludes halogenated alkanes) is 1. The number of hydrogen-bond donors (Lipinski definition) is 0. The Balaban J connectivity index is 1.75. The normalized spacial score (nSPS) is 12.3. The van der Waals surface area contributed by atoms with E-state index in [1.807, 2.05) is 48.7 Å². The van der Waals surface area contributed by atoms with E-state index in [-0.39, 0.29) is 31.2 Å². The number of ether oxygens (including phenoxy) is 2. The third-order valence-corrected chi connectivity index (χ3v) is 5.35. The maximum atomic E-state index is 13.2. The lowest BCUT2D eigenvalue weighted by Gasteiger charge is -2.30. The van der Waals surface area contributed by atoms with Crippen LogP contribution in [0.3, 0.4) is 0 Å². The number of fused-ring (bicyclic) bond motifs is 1. The predicted octanol–water partition coefficient (Wildman–Crippen LogP) is 3.43. The highest BCUT2D eigenvalue weighted by molar-refractivity contribution is 5.97. The number of carbonyl (C=O) groups excluding carboxylic acids is 2. The van der Waals surface area contributed by atoms with E-state index >= 15 is 0 Å². The molecule has 0 saturated carbocycles. The fourth-order valence-electron chi connectivity index (χ4n) is 3.43. The maximum absolute atomic E-state index is 13.2. The quantitative estimate of drug-likeness (QED) is 0.632. The molecule has 1 aromatic heterocycles. The van der Waals surface area contributed by atoms with Crippen molar-refractivity contribution in [3.8, 4) is 11.5 Å². The van der Waals surface area contributed by atoms with Crippen molar-refractivity contribution in [3.63, 3.8) is 0 Å². The Morgan fingerprint density at radius 1 is 1.17 bits per heavy atom. The molecule has 0 fully saturated rings. The van der Waals surface area contributed by atoms with Gasteiger partial charge in [0.15, 0.2) is 11.5 Å². The number of hydrogen-bond acceptors (Lipinski definition) is 4. The van der Waals surface area contributed by atoms with Gasteiger partial charge < -0.3 is 23.8 Å². The van der Waals surface area contributed by atoms with Crippen LogP contribution >= 0.6 is 0 Å². The second-order valence-electron chi connectivity index (χ2n) is 7.87. The summed E-state index contributed by atoms with van der Waals surface area (Å²) in [7, 11) is 1.97. The molecule has 2 amide bonds. The van der Waals surface area contributed by atoms with Crippen molar-refractivity contribution >= 4 is 11.8 Å². The Kier molecular flexibility index (Phi) is 7.03. The molecule has 3 rings (SSSR count). The first-order valence-electron chi connectivity index (χ1n) is 10.5. The molecule has 0 bridgehead atoms. The summed E-state index contributed by atoms with van der Waals surface area (Å²) in [6, 6.07) is 9.01. The lowest BCUT2D eigenvalue weighted by atomic mass is 10.1. The van der Waals surface area contributed by atoms with Gasteiger partial charge in [0.25, 0.3) is 5.91 Å². The van der Waals surface area contributed by atoms with Crippen molar-refractivity contribution in [2.75, 3.05) is 19.9 Å². The Hall–Kier alpha value is -2.96. The van der Waals surface area contributed by atoms with E-state index in [1.54, 1.807) is 23.1 Å². The molecule has 1 aliphatic rings. The summed E-state index contributed by atoms with van der Waals surface area (Å²) in [5.74, 6) is 0.953.